The number of halogens is 1. The molecule has 2 N–H and O–H groups in total. The molecule has 0 unspecified atom stereocenters. The molecular formula is C23H25FN4OS. The second-order valence-corrected chi connectivity index (χ2v) is 8.87. The summed E-state index contributed by atoms with van der Waals surface area (Å²) in [5.74, 6) is 0.00694. The van der Waals surface area contributed by atoms with Crippen molar-refractivity contribution < 1.29 is 9.13 Å². The summed E-state index contributed by atoms with van der Waals surface area (Å²) in [5.41, 5.74) is 6.08. The van der Waals surface area contributed by atoms with E-state index < -0.39 is 0 Å². The van der Waals surface area contributed by atoms with E-state index in [4.69, 9.17) is 9.72 Å². The molecule has 30 heavy (non-hydrogen) atoms. The Hall–Kier alpha value is -2.64. The smallest absolute Gasteiger partial charge is 0.187 e. The fraction of sp³-hybridized carbons (Fsp3) is 0.348. The van der Waals surface area contributed by atoms with Crippen LogP contribution in [-0.2, 0) is 13.0 Å². The van der Waals surface area contributed by atoms with Crippen LogP contribution in [-0.4, -0.2) is 30.7 Å². The lowest BCUT2D eigenvalue weighted by atomic mass is 10.0. The average molecular weight is 425 g/mol. The van der Waals surface area contributed by atoms with Gasteiger partial charge in [0.2, 0.25) is 0 Å². The van der Waals surface area contributed by atoms with Crippen LogP contribution in [0.3, 0.4) is 0 Å². The zero-order chi connectivity index (χ0) is 20.7. The number of aromatic nitrogens is 1. The van der Waals surface area contributed by atoms with Crippen molar-refractivity contribution in [2.45, 2.75) is 32.9 Å². The number of nitrogens with one attached hydrogen (secondary N) is 2. The van der Waals surface area contributed by atoms with Crippen molar-refractivity contribution in [3.05, 3.63) is 52.7 Å². The summed E-state index contributed by atoms with van der Waals surface area (Å²) in [5, 5.41) is 9.57. The minimum Gasteiger partial charge on any atom is -0.486 e. The summed E-state index contributed by atoms with van der Waals surface area (Å²) in [6.45, 7) is 7.41. The number of anilines is 3. The van der Waals surface area contributed by atoms with Crippen LogP contribution >= 0.6 is 11.3 Å². The lowest BCUT2D eigenvalue weighted by Gasteiger charge is -2.34. The van der Waals surface area contributed by atoms with Gasteiger partial charge in [-0.3, -0.25) is 0 Å². The molecule has 156 valence electrons. The summed E-state index contributed by atoms with van der Waals surface area (Å²) < 4.78 is 20.4. The monoisotopic (exact) mass is 424 g/mol. The van der Waals surface area contributed by atoms with Gasteiger partial charge in [-0.1, -0.05) is 6.07 Å². The van der Waals surface area contributed by atoms with Crippen molar-refractivity contribution in [3.63, 3.8) is 0 Å². The molecule has 1 aromatic heterocycles. The molecular weight excluding hydrogens is 399 g/mol. The van der Waals surface area contributed by atoms with Crippen molar-refractivity contribution in [2.75, 3.05) is 29.9 Å². The first kappa shape index (κ1) is 19.3. The summed E-state index contributed by atoms with van der Waals surface area (Å²) in [7, 11) is 0. The van der Waals surface area contributed by atoms with Crippen molar-refractivity contribution in [1.29, 1.82) is 0 Å². The molecule has 0 fully saturated rings. The van der Waals surface area contributed by atoms with Gasteiger partial charge in [0.05, 0.1) is 17.9 Å². The third-order valence-corrected chi connectivity index (χ3v) is 6.44. The molecule has 0 bridgehead atoms. The third kappa shape index (κ3) is 3.63. The van der Waals surface area contributed by atoms with E-state index in [1.165, 1.54) is 28.5 Å². The Balaban J connectivity index is 1.42. The Morgan fingerprint density at radius 1 is 1.23 bits per heavy atom. The first-order valence-electron chi connectivity index (χ1n) is 10.4. The highest BCUT2D eigenvalue weighted by Gasteiger charge is 2.25. The van der Waals surface area contributed by atoms with Crippen LogP contribution in [0.15, 0.2) is 35.7 Å². The number of fused-ring (bicyclic) bond motifs is 2. The molecule has 5 rings (SSSR count). The number of thiazole rings is 1. The topological polar surface area (TPSA) is 49.4 Å². The van der Waals surface area contributed by atoms with E-state index in [1.807, 2.05) is 11.4 Å². The Morgan fingerprint density at radius 2 is 2.13 bits per heavy atom. The minimum absolute atomic E-state index is 0.272. The standard InChI is InChI=1S/C23H25FN4OS/c1-14(2)28-7-8-29-22-19(24)10-16(11-21(22)28)20-13-30-23(27-20)26-18-4-3-15-5-6-25-12-17(15)9-18/h3-4,9-11,13-14,25H,5-8,12H2,1-2H3,(H,26,27). The molecule has 2 aliphatic rings. The predicted octanol–water partition coefficient (Wildman–Crippen LogP) is 4.95. The number of rotatable bonds is 4. The number of benzene rings is 2. The Morgan fingerprint density at radius 3 is 3.00 bits per heavy atom. The van der Waals surface area contributed by atoms with Crippen molar-refractivity contribution >= 4 is 27.8 Å². The Kier molecular flexibility index (Phi) is 5.08. The largest absolute Gasteiger partial charge is 0.486 e. The lowest BCUT2D eigenvalue weighted by molar-refractivity contribution is 0.287. The summed E-state index contributed by atoms with van der Waals surface area (Å²) >= 11 is 1.52. The van der Waals surface area contributed by atoms with Crippen molar-refractivity contribution in [3.8, 4) is 17.0 Å². The number of hydrogen-bond acceptors (Lipinski definition) is 6. The Bertz CT molecular complexity index is 1080. The highest BCUT2D eigenvalue weighted by Crippen LogP contribution is 2.40. The van der Waals surface area contributed by atoms with Gasteiger partial charge in [0, 0.05) is 29.2 Å². The molecule has 0 aliphatic carbocycles. The van der Waals surface area contributed by atoms with Gasteiger partial charge in [-0.2, -0.15) is 0 Å². The SMILES string of the molecule is CC(C)N1CCOc2c(F)cc(-c3csc(Nc4ccc5c(c4)CNCC5)n3)cc21. The Labute approximate surface area is 179 Å². The number of ether oxygens (including phenoxy) is 1. The van der Waals surface area contributed by atoms with Crippen LogP contribution in [0.1, 0.15) is 25.0 Å². The van der Waals surface area contributed by atoms with Gasteiger partial charge in [0.1, 0.15) is 6.61 Å². The van der Waals surface area contributed by atoms with Gasteiger partial charge in [0.25, 0.3) is 0 Å². The van der Waals surface area contributed by atoms with E-state index in [0.717, 1.165) is 53.8 Å². The van der Waals surface area contributed by atoms with Crippen LogP contribution in [0.25, 0.3) is 11.3 Å². The molecule has 2 aliphatic heterocycles. The van der Waals surface area contributed by atoms with Gasteiger partial charge < -0.3 is 20.3 Å². The molecule has 0 saturated heterocycles. The van der Waals surface area contributed by atoms with E-state index in [0.29, 0.717) is 12.4 Å². The fourth-order valence-corrected chi connectivity index (χ4v) is 4.87. The highest BCUT2D eigenvalue weighted by molar-refractivity contribution is 7.14. The lowest BCUT2D eigenvalue weighted by Crippen LogP contribution is -2.38. The van der Waals surface area contributed by atoms with Gasteiger partial charge in [0.15, 0.2) is 16.7 Å². The molecule has 3 aromatic rings. The van der Waals surface area contributed by atoms with Crippen LogP contribution in [0.2, 0.25) is 0 Å². The maximum Gasteiger partial charge on any atom is 0.187 e. The molecule has 7 heteroatoms. The van der Waals surface area contributed by atoms with Crippen molar-refractivity contribution in [2.24, 2.45) is 0 Å². The van der Waals surface area contributed by atoms with E-state index in [9.17, 15) is 4.39 Å². The second-order valence-electron chi connectivity index (χ2n) is 8.02. The molecule has 3 heterocycles. The molecule has 5 nitrogen and oxygen atoms in total. The number of hydrogen-bond donors (Lipinski definition) is 2. The fourth-order valence-electron chi connectivity index (χ4n) is 4.13. The van der Waals surface area contributed by atoms with E-state index >= 15 is 0 Å². The first-order valence-corrected chi connectivity index (χ1v) is 11.2. The van der Waals surface area contributed by atoms with Crippen molar-refractivity contribution in [1.82, 2.24) is 10.3 Å². The zero-order valence-corrected chi connectivity index (χ0v) is 18.0. The van der Waals surface area contributed by atoms with Crippen LogP contribution < -0.4 is 20.3 Å². The zero-order valence-electron chi connectivity index (χ0n) is 17.2. The van der Waals surface area contributed by atoms with Crippen LogP contribution in [0.4, 0.5) is 20.9 Å². The van der Waals surface area contributed by atoms with Crippen LogP contribution in [0, 0.1) is 5.82 Å². The molecule has 2 aromatic carbocycles. The van der Waals surface area contributed by atoms with E-state index in [2.05, 4.69) is 47.6 Å². The molecule has 0 amide bonds. The maximum absolute atomic E-state index is 14.8. The molecule has 0 spiro atoms. The molecule has 0 saturated carbocycles. The van der Waals surface area contributed by atoms with Crippen LogP contribution in [0.5, 0.6) is 5.75 Å². The number of nitrogens with zero attached hydrogens (tertiary/aromatic N) is 2. The third-order valence-electron chi connectivity index (χ3n) is 5.68. The van der Waals surface area contributed by atoms with Gasteiger partial charge in [-0.05, 0) is 62.2 Å². The second kappa shape index (κ2) is 7.89. The molecule has 0 atom stereocenters. The normalized spacial score (nSPS) is 15.5. The van der Waals surface area contributed by atoms with E-state index in [1.54, 1.807) is 0 Å². The van der Waals surface area contributed by atoms with Gasteiger partial charge in [-0.25, -0.2) is 9.37 Å². The maximum atomic E-state index is 14.8. The summed E-state index contributed by atoms with van der Waals surface area (Å²) in [6.07, 6.45) is 1.07. The average Bonchev–Trinajstić information content (AvgIpc) is 3.21. The van der Waals surface area contributed by atoms with Gasteiger partial charge in [-0.15, -0.1) is 11.3 Å². The minimum atomic E-state index is -0.336. The molecule has 0 radical (unpaired) electrons. The highest BCUT2D eigenvalue weighted by atomic mass is 32.1. The predicted molar refractivity (Wildman–Crippen MR) is 121 cm³/mol. The quantitative estimate of drug-likeness (QED) is 0.621. The first-order chi connectivity index (χ1) is 14.6. The van der Waals surface area contributed by atoms with Gasteiger partial charge >= 0.3 is 0 Å². The summed E-state index contributed by atoms with van der Waals surface area (Å²) in [4.78, 5) is 6.89. The summed E-state index contributed by atoms with van der Waals surface area (Å²) in [6, 6.07) is 10.2. The van der Waals surface area contributed by atoms with E-state index in [-0.39, 0.29) is 11.9 Å².